The van der Waals surface area contributed by atoms with Gasteiger partial charge in [0.15, 0.2) is 11.5 Å². The summed E-state index contributed by atoms with van der Waals surface area (Å²) in [5.74, 6) is 1.58. The van der Waals surface area contributed by atoms with Crippen molar-refractivity contribution in [3.05, 3.63) is 52.4 Å². The molecule has 128 valence electrons. The molecule has 0 spiro atoms. The van der Waals surface area contributed by atoms with Gasteiger partial charge < -0.3 is 18.8 Å². The quantitative estimate of drug-likeness (QED) is 0.742. The normalized spacial score (nSPS) is 10.3. The summed E-state index contributed by atoms with van der Waals surface area (Å²) in [4.78, 5) is 22.9. The molecule has 0 saturated carbocycles. The summed E-state index contributed by atoms with van der Waals surface area (Å²) < 4.78 is 18.0. The standard InChI is InChI=1S/C18H21NO5/c1-13(20)12-24-18-14(2)19(9-8-17(18)21)10-11-23-16-6-4-15(22-3)5-7-16/h4-9H,10-12H2,1-3H3. The molecule has 0 N–H and O–H groups in total. The average Bonchev–Trinajstić information content (AvgIpc) is 2.57. The summed E-state index contributed by atoms with van der Waals surface area (Å²) in [7, 11) is 1.61. The van der Waals surface area contributed by atoms with Crippen molar-refractivity contribution in [1.82, 2.24) is 4.57 Å². The van der Waals surface area contributed by atoms with Crippen LogP contribution in [-0.4, -0.2) is 30.7 Å². The van der Waals surface area contributed by atoms with Crippen LogP contribution in [-0.2, 0) is 11.3 Å². The number of ether oxygens (including phenoxy) is 3. The first-order valence-corrected chi connectivity index (χ1v) is 7.60. The Balaban J connectivity index is 2.00. The lowest BCUT2D eigenvalue weighted by Crippen LogP contribution is -2.19. The molecule has 0 aliphatic carbocycles. The van der Waals surface area contributed by atoms with Crippen LogP contribution in [0.4, 0.5) is 0 Å². The molecule has 0 saturated heterocycles. The van der Waals surface area contributed by atoms with Crippen LogP contribution in [0.3, 0.4) is 0 Å². The topological polar surface area (TPSA) is 66.8 Å². The summed E-state index contributed by atoms with van der Waals surface area (Å²) in [5.41, 5.74) is 0.433. The lowest BCUT2D eigenvalue weighted by atomic mass is 10.3. The Hall–Kier alpha value is -2.76. The third-order valence-electron chi connectivity index (χ3n) is 3.47. The van der Waals surface area contributed by atoms with Crippen molar-refractivity contribution < 1.29 is 19.0 Å². The van der Waals surface area contributed by atoms with E-state index >= 15 is 0 Å². The van der Waals surface area contributed by atoms with E-state index in [2.05, 4.69) is 0 Å². The number of hydrogen-bond donors (Lipinski definition) is 0. The van der Waals surface area contributed by atoms with E-state index in [4.69, 9.17) is 14.2 Å². The van der Waals surface area contributed by atoms with E-state index in [0.717, 1.165) is 11.5 Å². The molecular formula is C18H21NO5. The Morgan fingerprint density at radius 2 is 1.75 bits per heavy atom. The SMILES string of the molecule is COc1ccc(OCCn2ccc(=O)c(OCC(C)=O)c2C)cc1. The van der Waals surface area contributed by atoms with Crippen molar-refractivity contribution in [3.8, 4) is 17.2 Å². The number of nitrogens with zero attached hydrogens (tertiary/aromatic N) is 1. The van der Waals surface area contributed by atoms with Crippen LogP contribution in [0, 0.1) is 6.92 Å². The fourth-order valence-electron chi connectivity index (χ4n) is 2.18. The molecule has 0 aliphatic heterocycles. The maximum atomic E-state index is 11.9. The molecule has 24 heavy (non-hydrogen) atoms. The minimum atomic E-state index is -0.235. The summed E-state index contributed by atoms with van der Waals surface area (Å²) in [6, 6.07) is 8.74. The second-order valence-electron chi connectivity index (χ2n) is 5.30. The van der Waals surface area contributed by atoms with Gasteiger partial charge in [-0.05, 0) is 38.1 Å². The zero-order chi connectivity index (χ0) is 17.5. The molecule has 6 heteroatoms. The molecule has 0 radical (unpaired) electrons. The maximum Gasteiger partial charge on any atom is 0.223 e. The number of pyridine rings is 1. The van der Waals surface area contributed by atoms with Crippen molar-refractivity contribution >= 4 is 5.78 Å². The average molecular weight is 331 g/mol. The van der Waals surface area contributed by atoms with E-state index < -0.39 is 0 Å². The van der Waals surface area contributed by atoms with Crippen molar-refractivity contribution in [2.45, 2.75) is 20.4 Å². The van der Waals surface area contributed by atoms with Gasteiger partial charge in [0.25, 0.3) is 0 Å². The summed E-state index contributed by atoms with van der Waals surface area (Å²) >= 11 is 0. The predicted octanol–water partition coefficient (Wildman–Crippen LogP) is 2.21. The number of hydrogen-bond acceptors (Lipinski definition) is 5. The van der Waals surface area contributed by atoms with Gasteiger partial charge in [0.2, 0.25) is 5.43 Å². The van der Waals surface area contributed by atoms with Gasteiger partial charge >= 0.3 is 0 Å². The van der Waals surface area contributed by atoms with Crippen LogP contribution in [0.1, 0.15) is 12.6 Å². The number of benzene rings is 1. The second kappa shape index (κ2) is 8.19. The molecule has 0 atom stereocenters. The third-order valence-corrected chi connectivity index (χ3v) is 3.47. The van der Waals surface area contributed by atoms with Gasteiger partial charge in [0.1, 0.15) is 24.7 Å². The Bertz CT molecular complexity index is 749. The van der Waals surface area contributed by atoms with E-state index in [1.165, 1.54) is 13.0 Å². The van der Waals surface area contributed by atoms with Gasteiger partial charge in [-0.3, -0.25) is 9.59 Å². The highest BCUT2D eigenvalue weighted by atomic mass is 16.5. The van der Waals surface area contributed by atoms with E-state index in [1.807, 2.05) is 28.8 Å². The first kappa shape index (κ1) is 17.6. The number of aromatic nitrogens is 1. The van der Waals surface area contributed by atoms with Gasteiger partial charge in [-0.1, -0.05) is 0 Å². The van der Waals surface area contributed by atoms with Crippen molar-refractivity contribution in [1.29, 1.82) is 0 Å². The van der Waals surface area contributed by atoms with Crippen molar-refractivity contribution in [2.75, 3.05) is 20.3 Å². The zero-order valence-corrected chi connectivity index (χ0v) is 14.1. The van der Waals surface area contributed by atoms with Gasteiger partial charge in [-0.15, -0.1) is 0 Å². The molecule has 6 nitrogen and oxygen atoms in total. The van der Waals surface area contributed by atoms with E-state index in [-0.39, 0.29) is 23.6 Å². The van der Waals surface area contributed by atoms with E-state index in [0.29, 0.717) is 18.8 Å². The van der Waals surface area contributed by atoms with Crippen LogP contribution < -0.4 is 19.6 Å². The van der Waals surface area contributed by atoms with Crippen molar-refractivity contribution in [2.24, 2.45) is 0 Å². The van der Waals surface area contributed by atoms with Gasteiger partial charge in [0.05, 0.1) is 19.3 Å². The number of methoxy groups -OCH3 is 1. The first-order valence-electron chi connectivity index (χ1n) is 7.60. The molecule has 0 amide bonds. The van der Waals surface area contributed by atoms with Crippen molar-refractivity contribution in [3.63, 3.8) is 0 Å². The Morgan fingerprint density at radius 1 is 1.08 bits per heavy atom. The highest BCUT2D eigenvalue weighted by molar-refractivity contribution is 5.77. The highest BCUT2D eigenvalue weighted by Crippen LogP contribution is 2.17. The van der Waals surface area contributed by atoms with Crippen LogP contribution in [0.25, 0.3) is 0 Å². The Kier molecular flexibility index (Phi) is 6.01. The first-order chi connectivity index (χ1) is 11.5. The molecule has 0 bridgehead atoms. The predicted molar refractivity (Wildman–Crippen MR) is 90.1 cm³/mol. The number of rotatable bonds is 8. The van der Waals surface area contributed by atoms with Crippen LogP contribution in [0.2, 0.25) is 0 Å². The Labute approximate surface area is 140 Å². The number of carbonyl (C=O) groups is 1. The lowest BCUT2D eigenvalue weighted by molar-refractivity contribution is -0.118. The van der Waals surface area contributed by atoms with E-state index in [9.17, 15) is 9.59 Å². The number of carbonyl (C=O) groups excluding carboxylic acids is 1. The molecule has 0 fully saturated rings. The monoisotopic (exact) mass is 331 g/mol. The highest BCUT2D eigenvalue weighted by Gasteiger charge is 2.09. The second-order valence-corrected chi connectivity index (χ2v) is 5.30. The molecule has 0 unspecified atom stereocenters. The fourth-order valence-corrected chi connectivity index (χ4v) is 2.18. The third kappa shape index (κ3) is 4.62. The molecule has 1 heterocycles. The fraction of sp³-hybridized carbons (Fsp3) is 0.333. The van der Waals surface area contributed by atoms with E-state index in [1.54, 1.807) is 20.2 Å². The van der Waals surface area contributed by atoms with Crippen LogP contribution in [0.5, 0.6) is 17.2 Å². The number of ketones is 1. The zero-order valence-electron chi connectivity index (χ0n) is 14.1. The van der Waals surface area contributed by atoms with Crippen LogP contribution >= 0.6 is 0 Å². The molecule has 2 rings (SSSR count). The summed E-state index contributed by atoms with van der Waals surface area (Å²) in [6.07, 6.45) is 1.69. The summed E-state index contributed by atoms with van der Waals surface area (Å²) in [6.45, 7) is 4.07. The van der Waals surface area contributed by atoms with Gasteiger partial charge in [-0.25, -0.2) is 0 Å². The Morgan fingerprint density at radius 3 is 2.38 bits per heavy atom. The molecule has 0 aliphatic rings. The van der Waals surface area contributed by atoms with Gasteiger partial charge in [-0.2, -0.15) is 0 Å². The number of Topliss-reactive ketones (excluding diaryl/α,β-unsaturated/α-hetero) is 1. The smallest absolute Gasteiger partial charge is 0.223 e. The largest absolute Gasteiger partial charge is 0.497 e. The minimum Gasteiger partial charge on any atom is -0.497 e. The van der Waals surface area contributed by atoms with Crippen LogP contribution in [0.15, 0.2) is 41.3 Å². The lowest BCUT2D eigenvalue weighted by Gasteiger charge is -2.15. The maximum absolute atomic E-state index is 11.9. The minimum absolute atomic E-state index is 0.109. The molecule has 2 aromatic rings. The molecule has 1 aromatic heterocycles. The molecular weight excluding hydrogens is 310 g/mol. The summed E-state index contributed by atoms with van der Waals surface area (Å²) in [5, 5.41) is 0. The van der Waals surface area contributed by atoms with Gasteiger partial charge in [0, 0.05) is 12.3 Å². The molecule has 1 aromatic carbocycles.